The van der Waals surface area contributed by atoms with Gasteiger partial charge in [-0.3, -0.25) is 0 Å². The van der Waals surface area contributed by atoms with Crippen molar-refractivity contribution in [1.82, 2.24) is 0 Å². The molecule has 0 aromatic heterocycles. The Labute approximate surface area is 551 Å². The monoisotopic (exact) mass is 1200 g/mol. The van der Waals surface area contributed by atoms with Gasteiger partial charge in [0, 0.05) is 0 Å². The van der Waals surface area contributed by atoms with Crippen LogP contribution in [0, 0.1) is 5.41 Å². The molecule has 0 saturated carbocycles. The molecule has 0 spiro atoms. The Hall–Kier alpha value is -5.20. The molecule has 0 atom stereocenters. The summed E-state index contributed by atoms with van der Waals surface area (Å²) in [6.45, 7) is 73.8. The first kappa shape index (κ1) is 89.2. The minimum absolute atomic E-state index is 0. The highest BCUT2D eigenvalue weighted by molar-refractivity contribution is 5.90. The van der Waals surface area contributed by atoms with Crippen molar-refractivity contribution in [1.29, 1.82) is 0 Å². The van der Waals surface area contributed by atoms with Gasteiger partial charge in [-0.15, -0.1) is 0 Å². The summed E-state index contributed by atoms with van der Waals surface area (Å²) in [5.41, 5.74) is 18.2. The second-order valence-electron chi connectivity index (χ2n) is 34.1. The number of rotatable bonds is 2. The first-order valence-corrected chi connectivity index (χ1v) is 31.9. The van der Waals surface area contributed by atoms with E-state index in [-0.39, 0.29) is 78.4 Å². The van der Waals surface area contributed by atoms with Crippen LogP contribution in [0.5, 0.6) is 0 Å². The van der Waals surface area contributed by atoms with E-state index < -0.39 is 0 Å². The van der Waals surface area contributed by atoms with Gasteiger partial charge in [0.2, 0.25) is 0 Å². The lowest BCUT2D eigenvalue weighted by Crippen LogP contribution is -2.15. The lowest BCUT2D eigenvalue weighted by molar-refractivity contribution is 0.469. The predicted octanol–water partition coefficient (Wildman–Crippen LogP) is 28.5. The molecule has 0 N–H and O–H groups in total. The maximum atomic E-state index is 2.33. The zero-order valence-corrected chi connectivity index (χ0v) is 60.8. The van der Waals surface area contributed by atoms with Gasteiger partial charge >= 0.3 is 0 Å². The summed E-state index contributed by atoms with van der Waals surface area (Å²) in [6, 6.07) is 59.9. The topological polar surface area (TPSA) is 0 Å². The summed E-state index contributed by atoms with van der Waals surface area (Å²) in [5, 5.41) is 2.80. The molecule has 0 aliphatic carbocycles. The average molecular weight is 1200 g/mol. The lowest BCUT2D eigenvalue weighted by Gasteiger charge is -2.25. The molecule has 7 aromatic carbocycles. The molecule has 0 saturated heterocycles. The SMILES string of the molecule is C.C.C.C.CC.CC(C)(C)C.CC(C)(C)c1ccc(C(C)(C)C)cc1.CC(C)(C)c1ccc(Cc2ccccc2)cc1.CC(C)(C)c1cccc(C(C)(C)C)c1.CC(C)(C)c1cccc(C(C)(C)C)c1.CC(C)(C)c1cccc2c(C(C)(C)C)cccc12. The maximum absolute atomic E-state index is 2.33. The fourth-order valence-electron chi connectivity index (χ4n) is 8.95. The molecule has 0 radical (unpaired) electrons. The molecule has 0 fully saturated rings. The van der Waals surface area contributed by atoms with Crippen LogP contribution in [0.2, 0.25) is 0 Å². The van der Waals surface area contributed by atoms with E-state index in [1.54, 1.807) is 0 Å². The van der Waals surface area contributed by atoms with Crippen LogP contribution in [-0.4, -0.2) is 0 Å². The highest BCUT2D eigenvalue weighted by Gasteiger charge is 2.23. The van der Waals surface area contributed by atoms with Crippen molar-refractivity contribution in [2.24, 2.45) is 5.41 Å². The molecule has 7 aromatic rings. The zero-order chi connectivity index (χ0) is 65.3. The van der Waals surface area contributed by atoms with Crippen molar-refractivity contribution in [2.75, 3.05) is 0 Å². The Morgan fingerprint density at radius 1 is 0.205 bits per heavy atom. The second kappa shape index (κ2) is 36.0. The Balaban J connectivity index is -0.000000484. The van der Waals surface area contributed by atoms with Crippen molar-refractivity contribution in [3.8, 4) is 0 Å². The third-order valence-electron chi connectivity index (χ3n) is 14.4. The van der Waals surface area contributed by atoms with Crippen molar-refractivity contribution >= 4 is 10.8 Å². The Morgan fingerprint density at radius 3 is 0.625 bits per heavy atom. The van der Waals surface area contributed by atoms with Crippen LogP contribution in [0.15, 0.2) is 164 Å². The van der Waals surface area contributed by atoms with Crippen molar-refractivity contribution < 1.29 is 0 Å². The van der Waals surface area contributed by atoms with E-state index >= 15 is 0 Å². The highest BCUT2D eigenvalue weighted by atomic mass is 14.3. The van der Waals surface area contributed by atoms with Crippen molar-refractivity contribution in [2.45, 2.75) is 313 Å². The third kappa shape index (κ3) is 33.0. The molecule has 0 heteroatoms. The second-order valence-corrected chi connectivity index (χ2v) is 34.1. The molecular weight excluding hydrogens is 1060 g/mol. The van der Waals surface area contributed by atoms with Gasteiger partial charge in [-0.2, -0.15) is 0 Å². The molecule has 88 heavy (non-hydrogen) atoms. The summed E-state index contributed by atoms with van der Waals surface area (Å²) >= 11 is 0. The van der Waals surface area contributed by atoms with E-state index in [4.69, 9.17) is 0 Å². The molecule has 0 nitrogen and oxygen atoms in total. The van der Waals surface area contributed by atoms with Crippen molar-refractivity contribution in [3.63, 3.8) is 0 Å². The predicted molar refractivity (Wildman–Crippen MR) is 411 cm³/mol. The normalized spacial score (nSPS) is 11.8. The van der Waals surface area contributed by atoms with Crippen molar-refractivity contribution in [3.05, 3.63) is 225 Å². The standard InChI is InChI=1S/C18H24.C17H20.3C14H22.C5H12.C2H6.4CH4/c1-17(2,3)15-11-7-10-14-13(15)9-8-12-16(14)18(4,5)6;1-17(2,3)16-11-9-15(10-12-16)13-14-7-5-4-6-8-14;1-13(2,3)11-7-9-12(10-8-11)14(4,5)6;2*1-13(2,3)11-8-7-9-12(10-11)14(4,5)6;1-5(2,3)4;1-2;;;;/h7-12H,1-6H3;4-12H,13H2,1-3H3;3*7-10H,1-6H3;1-4H3;1-2H3;4*1H4. The van der Waals surface area contributed by atoms with Crippen LogP contribution < -0.4 is 0 Å². The number of hydrogen-bond donors (Lipinski definition) is 0. The summed E-state index contributed by atoms with van der Waals surface area (Å²) in [7, 11) is 0. The van der Waals surface area contributed by atoms with E-state index in [1.165, 1.54) is 72.0 Å². The van der Waals surface area contributed by atoms with Gasteiger partial charge < -0.3 is 0 Å². The van der Waals surface area contributed by atoms with Crippen LogP contribution >= 0.6 is 0 Å². The number of hydrogen-bond acceptors (Lipinski definition) is 0. The molecule has 0 amide bonds. The minimum atomic E-state index is 0. The molecule has 0 bridgehead atoms. The summed E-state index contributed by atoms with van der Waals surface area (Å²) < 4.78 is 0. The number of benzene rings is 7. The van der Waals surface area contributed by atoms with E-state index in [1.807, 2.05) is 13.8 Å². The van der Waals surface area contributed by atoms with Gasteiger partial charge in [-0.1, -0.05) is 422 Å². The lowest BCUT2D eigenvalue weighted by atomic mass is 9.79. The van der Waals surface area contributed by atoms with Crippen LogP contribution in [0.1, 0.15) is 319 Å². The van der Waals surface area contributed by atoms with E-state index in [0.717, 1.165) is 6.42 Å². The van der Waals surface area contributed by atoms with Crippen LogP contribution in [0.4, 0.5) is 0 Å². The van der Waals surface area contributed by atoms with E-state index in [2.05, 4.69) is 378 Å². The first-order chi connectivity index (χ1) is 37.9. The molecule has 0 aliphatic heterocycles. The van der Waals surface area contributed by atoms with E-state index in [9.17, 15) is 0 Å². The summed E-state index contributed by atoms with van der Waals surface area (Å²) in [6.07, 6.45) is 1.02. The van der Waals surface area contributed by atoms with E-state index in [0.29, 0.717) is 5.41 Å². The quantitative estimate of drug-likeness (QED) is 0.162. The summed E-state index contributed by atoms with van der Waals surface area (Å²) in [4.78, 5) is 0. The molecule has 496 valence electrons. The molecule has 0 heterocycles. The first-order valence-electron chi connectivity index (χ1n) is 31.9. The minimum Gasteiger partial charge on any atom is -0.0776 e. The Morgan fingerprint density at radius 2 is 0.409 bits per heavy atom. The van der Waals surface area contributed by atoms with Gasteiger partial charge in [0.15, 0.2) is 0 Å². The fourth-order valence-corrected chi connectivity index (χ4v) is 8.95. The van der Waals surface area contributed by atoms with Gasteiger partial charge in [0.1, 0.15) is 0 Å². The highest BCUT2D eigenvalue weighted by Crippen LogP contribution is 2.36. The van der Waals surface area contributed by atoms with Gasteiger partial charge in [0.25, 0.3) is 0 Å². The number of fused-ring (bicyclic) bond motifs is 1. The van der Waals surface area contributed by atoms with Crippen LogP contribution in [0.25, 0.3) is 10.8 Å². The molecule has 7 rings (SSSR count). The Bertz CT molecular complexity index is 2730. The average Bonchev–Trinajstić information content (AvgIpc) is 3.35. The summed E-state index contributed by atoms with van der Waals surface area (Å²) in [5.74, 6) is 0. The molecule has 0 aliphatic rings. The Kier molecular flexibility index (Phi) is 36.5. The largest absolute Gasteiger partial charge is 0.0776 e. The molecular formula is C88H144. The molecule has 0 unspecified atom stereocenters. The smallest absolute Gasteiger partial charge is 0.00258 e. The van der Waals surface area contributed by atoms with Crippen LogP contribution in [0.3, 0.4) is 0 Å². The maximum Gasteiger partial charge on any atom is -0.00258 e. The fraction of sp³-hybridized carbons (Fsp3) is 0.545. The van der Waals surface area contributed by atoms with Gasteiger partial charge in [0.05, 0.1) is 0 Å². The zero-order valence-electron chi connectivity index (χ0n) is 60.8. The third-order valence-corrected chi connectivity index (χ3v) is 14.4. The van der Waals surface area contributed by atoms with Crippen LogP contribution in [-0.2, 0) is 55.2 Å². The van der Waals surface area contributed by atoms with Gasteiger partial charge in [-0.25, -0.2) is 0 Å². The van der Waals surface area contributed by atoms with Gasteiger partial charge in [-0.05, 0) is 133 Å².